The molecule has 6 heteroatoms. The van der Waals surface area contributed by atoms with Crippen molar-refractivity contribution < 1.29 is 19.1 Å². The molecule has 1 N–H and O–H groups in total. The Bertz CT molecular complexity index is 537. The van der Waals surface area contributed by atoms with Crippen LogP contribution >= 0.6 is 0 Å². The second kappa shape index (κ2) is 4.79. The minimum Gasteiger partial charge on any atom is -0.464 e. The summed E-state index contributed by atoms with van der Waals surface area (Å²) in [5.74, 6) is -0.271. The number of rotatable bonds is 1. The van der Waals surface area contributed by atoms with Gasteiger partial charge in [-0.25, -0.2) is 9.59 Å². The van der Waals surface area contributed by atoms with Crippen LogP contribution in [0.2, 0.25) is 0 Å². The quantitative estimate of drug-likeness (QED) is 0.717. The van der Waals surface area contributed by atoms with Crippen molar-refractivity contribution in [2.45, 2.75) is 12.2 Å². The first-order valence-corrected chi connectivity index (χ1v) is 6.45. The molecule has 1 amide bonds. The Kier molecular flexibility index (Phi) is 3.10. The fraction of sp³-hybridized carbons (Fsp3) is 0.429. The number of hydrogen-bond acceptors (Lipinski definition) is 5. The van der Waals surface area contributed by atoms with Crippen molar-refractivity contribution in [1.82, 2.24) is 10.2 Å². The second-order valence-electron chi connectivity index (χ2n) is 4.95. The van der Waals surface area contributed by atoms with Crippen LogP contribution in [0.4, 0.5) is 4.79 Å². The van der Waals surface area contributed by atoms with E-state index in [4.69, 9.17) is 9.47 Å². The summed E-state index contributed by atoms with van der Waals surface area (Å²) >= 11 is 0. The summed E-state index contributed by atoms with van der Waals surface area (Å²) in [6.07, 6.45) is 9.07. The van der Waals surface area contributed by atoms with Gasteiger partial charge in [0, 0.05) is 17.9 Å². The zero-order valence-corrected chi connectivity index (χ0v) is 11.3. The molecule has 0 radical (unpaired) electrons. The Hall–Kier alpha value is -2.08. The lowest BCUT2D eigenvalue weighted by atomic mass is 9.87. The molecular weight excluding hydrogens is 260 g/mol. The van der Waals surface area contributed by atoms with Gasteiger partial charge in [-0.15, -0.1) is 0 Å². The molecule has 106 valence electrons. The van der Waals surface area contributed by atoms with Crippen LogP contribution in [0, 0.1) is 11.8 Å². The number of fused-ring (bicyclic) bond motifs is 3. The van der Waals surface area contributed by atoms with E-state index < -0.39 is 12.1 Å². The molecule has 0 aromatic heterocycles. The predicted molar refractivity (Wildman–Crippen MR) is 70.3 cm³/mol. The molecule has 1 fully saturated rings. The van der Waals surface area contributed by atoms with Crippen LogP contribution in [0.3, 0.4) is 0 Å². The average Bonchev–Trinajstić information content (AvgIpc) is 3.01. The maximum Gasteiger partial charge on any atom is 0.415 e. The van der Waals surface area contributed by atoms with E-state index >= 15 is 0 Å². The predicted octanol–water partition coefficient (Wildman–Crippen LogP) is 0.782. The number of hydrogen-bond donors (Lipinski definition) is 1. The zero-order valence-electron chi connectivity index (χ0n) is 11.3. The summed E-state index contributed by atoms with van der Waals surface area (Å²) in [6.45, 7) is 0. The number of allylic oxidation sites excluding steroid dienone is 2. The maximum absolute atomic E-state index is 12.0. The topological polar surface area (TPSA) is 67.9 Å². The van der Waals surface area contributed by atoms with Crippen LogP contribution in [0.15, 0.2) is 36.1 Å². The van der Waals surface area contributed by atoms with Crippen molar-refractivity contribution in [2.24, 2.45) is 11.8 Å². The molecule has 0 unspecified atom stereocenters. The molecule has 3 rings (SSSR count). The highest BCUT2D eigenvalue weighted by molar-refractivity contribution is 5.93. The number of nitrogens with one attached hydrogen (secondary N) is 1. The highest BCUT2D eigenvalue weighted by Crippen LogP contribution is 2.40. The highest BCUT2D eigenvalue weighted by Gasteiger charge is 2.51. The van der Waals surface area contributed by atoms with Gasteiger partial charge in [-0.3, -0.25) is 10.2 Å². The molecule has 6 nitrogen and oxygen atoms in total. The summed E-state index contributed by atoms with van der Waals surface area (Å²) in [6, 6.07) is 0.164. The van der Waals surface area contributed by atoms with Crippen LogP contribution in [-0.2, 0) is 14.3 Å². The third-order valence-electron chi connectivity index (χ3n) is 4.00. The van der Waals surface area contributed by atoms with E-state index in [0.717, 1.165) is 0 Å². The lowest BCUT2D eigenvalue weighted by molar-refractivity contribution is -0.137. The van der Waals surface area contributed by atoms with Crippen LogP contribution < -0.4 is 5.32 Å². The standard InChI is InChI=1S/C14H16N2O4/c1-19-13(17)11-7-9-8-5-3-4-6-10(8)15-12(9)16(11)14(18)20-2/h3-10,12,15H,1-2H3/t8-,9+,10+,12+/m0/s1. The van der Waals surface area contributed by atoms with E-state index in [1.807, 2.05) is 12.2 Å². The summed E-state index contributed by atoms with van der Waals surface area (Å²) in [5.41, 5.74) is 0.239. The van der Waals surface area contributed by atoms with Crippen molar-refractivity contribution in [3.8, 4) is 0 Å². The van der Waals surface area contributed by atoms with Gasteiger partial charge in [0.1, 0.15) is 5.70 Å². The van der Waals surface area contributed by atoms with Crippen LogP contribution in [0.5, 0.6) is 0 Å². The number of esters is 1. The second-order valence-corrected chi connectivity index (χ2v) is 4.95. The Morgan fingerprint density at radius 3 is 2.60 bits per heavy atom. The normalized spacial score (nSPS) is 33.5. The molecule has 20 heavy (non-hydrogen) atoms. The lowest BCUT2D eigenvalue weighted by Gasteiger charge is -2.25. The Morgan fingerprint density at radius 2 is 1.90 bits per heavy atom. The third kappa shape index (κ3) is 1.76. The van der Waals surface area contributed by atoms with Crippen LogP contribution in [-0.4, -0.2) is 43.4 Å². The molecule has 3 aliphatic rings. The van der Waals surface area contributed by atoms with Crippen molar-refractivity contribution in [3.63, 3.8) is 0 Å². The molecule has 0 aromatic carbocycles. The van der Waals surface area contributed by atoms with E-state index in [9.17, 15) is 9.59 Å². The van der Waals surface area contributed by atoms with Crippen molar-refractivity contribution >= 4 is 12.1 Å². The summed E-state index contributed by atoms with van der Waals surface area (Å²) in [5, 5.41) is 3.36. The summed E-state index contributed by atoms with van der Waals surface area (Å²) in [7, 11) is 2.60. The number of methoxy groups -OCH3 is 2. The third-order valence-corrected chi connectivity index (χ3v) is 4.00. The van der Waals surface area contributed by atoms with Crippen molar-refractivity contribution in [1.29, 1.82) is 0 Å². The molecule has 0 bridgehead atoms. The van der Waals surface area contributed by atoms with Gasteiger partial charge in [0.2, 0.25) is 0 Å². The maximum atomic E-state index is 12.0. The molecule has 0 spiro atoms. The largest absolute Gasteiger partial charge is 0.464 e. The molecule has 2 heterocycles. The molecule has 1 saturated heterocycles. The van der Waals surface area contributed by atoms with Crippen LogP contribution in [0.25, 0.3) is 0 Å². The Labute approximate surface area is 116 Å². The monoisotopic (exact) mass is 276 g/mol. The number of nitrogens with zero attached hydrogens (tertiary/aromatic N) is 1. The average molecular weight is 276 g/mol. The van der Waals surface area contributed by atoms with Crippen LogP contribution in [0.1, 0.15) is 0 Å². The van der Waals surface area contributed by atoms with E-state index in [1.165, 1.54) is 19.1 Å². The van der Waals surface area contributed by atoms with Gasteiger partial charge in [0.15, 0.2) is 0 Å². The molecule has 0 saturated carbocycles. The SMILES string of the molecule is COC(=O)C1=C[C@@H]2[C@@H]3C=CC=C[C@H]3N[C@@H]2N1C(=O)OC. The van der Waals surface area contributed by atoms with Gasteiger partial charge in [-0.2, -0.15) is 0 Å². The Balaban J connectivity index is 1.96. The van der Waals surface area contributed by atoms with Gasteiger partial charge in [-0.1, -0.05) is 24.3 Å². The van der Waals surface area contributed by atoms with Gasteiger partial charge >= 0.3 is 12.1 Å². The van der Waals surface area contributed by atoms with Gasteiger partial charge in [0.25, 0.3) is 0 Å². The van der Waals surface area contributed by atoms with Gasteiger partial charge < -0.3 is 9.47 Å². The minimum atomic E-state index is -0.562. The first-order chi connectivity index (χ1) is 9.67. The van der Waals surface area contributed by atoms with Gasteiger partial charge in [0.05, 0.1) is 20.4 Å². The minimum absolute atomic E-state index is 0.0365. The van der Waals surface area contributed by atoms with Gasteiger partial charge in [-0.05, 0) is 6.08 Å². The summed E-state index contributed by atoms with van der Waals surface area (Å²) < 4.78 is 9.53. The number of ether oxygens (including phenoxy) is 2. The molecule has 0 aromatic rings. The number of carbonyl (C=O) groups excluding carboxylic acids is 2. The fourth-order valence-corrected chi connectivity index (χ4v) is 3.12. The molecular formula is C14H16N2O4. The van der Waals surface area contributed by atoms with Crippen molar-refractivity contribution in [3.05, 3.63) is 36.1 Å². The number of carbonyl (C=O) groups is 2. The first-order valence-electron chi connectivity index (χ1n) is 6.45. The van der Waals surface area contributed by atoms with E-state index in [-0.39, 0.29) is 29.7 Å². The summed E-state index contributed by atoms with van der Waals surface area (Å²) in [4.78, 5) is 25.2. The zero-order chi connectivity index (χ0) is 14.3. The fourth-order valence-electron chi connectivity index (χ4n) is 3.12. The number of amides is 1. The lowest BCUT2D eigenvalue weighted by Crippen LogP contribution is -2.47. The van der Waals surface area contributed by atoms with Crippen molar-refractivity contribution in [2.75, 3.05) is 14.2 Å². The first kappa shape index (κ1) is 12.9. The molecule has 1 aliphatic carbocycles. The van der Waals surface area contributed by atoms with E-state index in [1.54, 1.807) is 6.08 Å². The highest BCUT2D eigenvalue weighted by atomic mass is 16.5. The van der Waals surface area contributed by atoms with E-state index in [0.29, 0.717) is 0 Å². The Morgan fingerprint density at radius 1 is 1.15 bits per heavy atom. The molecule has 4 atom stereocenters. The van der Waals surface area contributed by atoms with E-state index in [2.05, 4.69) is 17.5 Å². The molecule has 2 aliphatic heterocycles. The smallest absolute Gasteiger partial charge is 0.415 e.